The van der Waals surface area contributed by atoms with Crippen LogP contribution in [0.2, 0.25) is 0 Å². The number of pyridine rings is 1. The Morgan fingerprint density at radius 2 is 2.05 bits per heavy atom. The summed E-state index contributed by atoms with van der Waals surface area (Å²) in [5.74, 6) is 6.28. The van der Waals surface area contributed by atoms with E-state index in [0.717, 1.165) is 25.0 Å². The number of carbonyl (C=O) groups is 1. The number of hydrogen-bond acceptors (Lipinski definition) is 4. The number of nitrogens with two attached hydrogens (primary N) is 1. The molecule has 5 nitrogen and oxygen atoms in total. The van der Waals surface area contributed by atoms with Crippen molar-refractivity contribution in [3.05, 3.63) is 23.4 Å². The van der Waals surface area contributed by atoms with Crippen LogP contribution in [0.25, 0.3) is 0 Å². The van der Waals surface area contributed by atoms with Gasteiger partial charge >= 0.3 is 0 Å². The molecule has 1 amide bonds. The Morgan fingerprint density at radius 1 is 1.35 bits per heavy atom. The number of aryl methyl sites for hydroxylation is 1. The fraction of sp³-hybridized carbons (Fsp3) is 0.600. The maximum absolute atomic E-state index is 12.3. The molecule has 1 aromatic rings. The lowest BCUT2D eigenvalue weighted by atomic mass is 10.0. The summed E-state index contributed by atoms with van der Waals surface area (Å²) in [7, 11) is 0. The largest absolute Gasteiger partial charge is 0.349 e. The van der Waals surface area contributed by atoms with E-state index >= 15 is 0 Å². The number of hydrazine groups is 1. The summed E-state index contributed by atoms with van der Waals surface area (Å²) in [6.07, 6.45) is 2.72. The lowest BCUT2D eigenvalue weighted by molar-refractivity contribution is 0.0924. The molecule has 0 fully saturated rings. The van der Waals surface area contributed by atoms with E-state index in [-0.39, 0.29) is 11.9 Å². The van der Waals surface area contributed by atoms with Gasteiger partial charge in [0, 0.05) is 17.3 Å². The van der Waals surface area contributed by atoms with Gasteiger partial charge in [-0.25, -0.2) is 10.8 Å². The molecule has 5 heteroatoms. The van der Waals surface area contributed by atoms with Crippen molar-refractivity contribution in [2.24, 2.45) is 11.8 Å². The minimum atomic E-state index is -0.0678. The van der Waals surface area contributed by atoms with Crippen molar-refractivity contribution in [2.75, 3.05) is 5.43 Å². The number of nitrogens with zero attached hydrogens (tertiary/aromatic N) is 1. The second kappa shape index (κ2) is 7.85. The van der Waals surface area contributed by atoms with E-state index in [1.54, 1.807) is 6.07 Å². The van der Waals surface area contributed by atoms with E-state index in [1.807, 2.05) is 6.07 Å². The third-order valence-electron chi connectivity index (χ3n) is 3.36. The first-order valence-electron chi connectivity index (χ1n) is 7.30. The Hall–Kier alpha value is -1.62. The highest BCUT2D eigenvalue weighted by Gasteiger charge is 2.16. The number of nitrogen functional groups attached to an aromatic ring is 1. The highest BCUT2D eigenvalue weighted by atomic mass is 16.1. The summed E-state index contributed by atoms with van der Waals surface area (Å²) in [5.41, 5.74) is 4.01. The van der Waals surface area contributed by atoms with Gasteiger partial charge in [-0.05, 0) is 30.9 Å². The first kappa shape index (κ1) is 16.4. The van der Waals surface area contributed by atoms with Crippen LogP contribution in [0.1, 0.15) is 56.6 Å². The van der Waals surface area contributed by atoms with Crippen LogP contribution in [0.15, 0.2) is 12.1 Å². The van der Waals surface area contributed by atoms with Gasteiger partial charge in [0.15, 0.2) is 0 Å². The molecule has 0 aliphatic heterocycles. The molecule has 1 rings (SSSR count). The maximum Gasteiger partial charge on any atom is 0.251 e. The van der Waals surface area contributed by atoms with Gasteiger partial charge in [-0.15, -0.1) is 0 Å². The third-order valence-corrected chi connectivity index (χ3v) is 3.36. The minimum absolute atomic E-state index is 0.0678. The SMILES string of the molecule is CCCc1cc(C(=O)NC(CC)C(C)C)cc(NN)n1. The predicted octanol–water partition coefficient (Wildman–Crippen LogP) is 2.48. The number of rotatable bonds is 7. The molecule has 0 saturated carbocycles. The fourth-order valence-corrected chi connectivity index (χ4v) is 2.17. The van der Waals surface area contributed by atoms with Crippen molar-refractivity contribution in [1.29, 1.82) is 0 Å². The molecule has 4 N–H and O–H groups in total. The summed E-state index contributed by atoms with van der Waals surface area (Å²) in [6, 6.07) is 3.70. The Balaban J connectivity index is 2.93. The monoisotopic (exact) mass is 278 g/mol. The Labute approximate surface area is 121 Å². The zero-order chi connectivity index (χ0) is 15.1. The van der Waals surface area contributed by atoms with Crippen LogP contribution in [-0.4, -0.2) is 16.9 Å². The van der Waals surface area contributed by atoms with Crippen molar-refractivity contribution in [1.82, 2.24) is 10.3 Å². The van der Waals surface area contributed by atoms with Gasteiger partial charge in [-0.2, -0.15) is 0 Å². The lowest BCUT2D eigenvalue weighted by Gasteiger charge is -2.21. The van der Waals surface area contributed by atoms with Gasteiger partial charge in [-0.3, -0.25) is 4.79 Å². The van der Waals surface area contributed by atoms with E-state index < -0.39 is 0 Å². The highest BCUT2D eigenvalue weighted by molar-refractivity contribution is 5.95. The van der Waals surface area contributed by atoms with Crippen LogP contribution in [-0.2, 0) is 6.42 Å². The van der Waals surface area contributed by atoms with Crippen molar-refractivity contribution in [3.8, 4) is 0 Å². The van der Waals surface area contributed by atoms with Gasteiger partial charge in [0.1, 0.15) is 5.82 Å². The van der Waals surface area contributed by atoms with E-state index in [1.165, 1.54) is 0 Å². The number of nitrogens with one attached hydrogen (secondary N) is 2. The number of anilines is 1. The van der Waals surface area contributed by atoms with Crippen LogP contribution >= 0.6 is 0 Å². The smallest absolute Gasteiger partial charge is 0.251 e. The van der Waals surface area contributed by atoms with Crippen LogP contribution in [0.3, 0.4) is 0 Å². The van der Waals surface area contributed by atoms with Gasteiger partial charge < -0.3 is 10.7 Å². The van der Waals surface area contributed by atoms with Gasteiger partial charge in [0.05, 0.1) is 0 Å². The predicted molar refractivity (Wildman–Crippen MR) is 82.4 cm³/mol. The van der Waals surface area contributed by atoms with Gasteiger partial charge in [0.25, 0.3) is 5.91 Å². The van der Waals surface area contributed by atoms with E-state index in [4.69, 9.17) is 5.84 Å². The van der Waals surface area contributed by atoms with E-state index in [9.17, 15) is 4.79 Å². The van der Waals surface area contributed by atoms with Gasteiger partial charge in [-0.1, -0.05) is 34.1 Å². The summed E-state index contributed by atoms with van der Waals surface area (Å²) < 4.78 is 0. The Kier molecular flexibility index (Phi) is 6.45. The number of carbonyl (C=O) groups excluding carboxylic acids is 1. The molecule has 20 heavy (non-hydrogen) atoms. The lowest BCUT2D eigenvalue weighted by Crippen LogP contribution is -2.38. The number of aromatic nitrogens is 1. The molecule has 1 unspecified atom stereocenters. The Morgan fingerprint density at radius 3 is 2.55 bits per heavy atom. The zero-order valence-electron chi connectivity index (χ0n) is 12.9. The molecule has 0 saturated heterocycles. The van der Waals surface area contributed by atoms with E-state index in [0.29, 0.717) is 17.3 Å². The molecule has 1 atom stereocenters. The highest BCUT2D eigenvalue weighted by Crippen LogP contribution is 2.13. The molecule has 1 heterocycles. The van der Waals surface area contributed by atoms with E-state index in [2.05, 4.69) is 43.4 Å². The minimum Gasteiger partial charge on any atom is -0.349 e. The third kappa shape index (κ3) is 4.49. The molecule has 0 aliphatic rings. The van der Waals surface area contributed by atoms with Crippen molar-refractivity contribution in [2.45, 2.75) is 53.0 Å². The standard InChI is InChI=1S/C15H26N4O/c1-5-7-12-8-11(9-14(17-12)19-16)15(20)18-13(6-2)10(3)4/h8-10,13H,5-7,16H2,1-4H3,(H,17,19)(H,18,20). The number of amides is 1. The molecule has 112 valence electrons. The normalized spacial score (nSPS) is 12.3. The molecule has 0 aliphatic carbocycles. The average molecular weight is 278 g/mol. The zero-order valence-corrected chi connectivity index (χ0v) is 12.9. The first-order valence-corrected chi connectivity index (χ1v) is 7.30. The van der Waals surface area contributed by atoms with Gasteiger partial charge in [0.2, 0.25) is 0 Å². The van der Waals surface area contributed by atoms with Crippen LogP contribution in [0, 0.1) is 5.92 Å². The quantitative estimate of drug-likeness (QED) is 0.529. The molecule has 0 spiro atoms. The topological polar surface area (TPSA) is 80.0 Å². The molecular weight excluding hydrogens is 252 g/mol. The molecule has 0 bridgehead atoms. The second-order valence-corrected chi connectivity index (χ2v) is 5.36. The van der Waals surface area contributed by atoms with Crippen LogP contribution in [0.4, 0.5) is 5.82 Å². The molecule has 1 aromatic heterocycles. The molecular formula is C15H26N4O. The number of hydrogen-bond donors (Lipinski definition) is 3. The van der Waals surface area contributed by atoms with Crippen molar-refractivity contribution >= 4 is 11.7 Å². The second-order valence-electron chi connectivity index (χ2n) is 5.36. The summed E-state index contributed by atoms with van der Waals surface area (Å²) in [4.78, 5) is 16.7. The summed E-state index contributed by atoms with van der Waals surface area (Å²) >= 11 is 0. The maximum atomic E-state index is 12.3. The van der Waals surface area contributed by atoms with Crippen LogP contribution < -0.4 is 16.6 Å². The Bertz CT molecular complexity index is 445. The van der Waals surface area contributed by atoms with Crippen molar-refractivity contribution in [3.63, 3.8) is 0 Å². The summed E-state index contributed by atoms with van der Waals surface area (Å²) in [5, 5.41) is 3.07. The van der Waals surface area contributed by atoms with Crippen LogP contribution in [0.5, 0.6) is 0 Å². The molecule has 0 aromatic carbocycles. The first-order chi connectivity index (χ1) is 9.51. The molecule has 0 radical (unpaired) electrons. The summed E-state index contributed by atoms with van der Waals surface area (Å²) in [6.45, 7) is 8.37. The average Bonchev–Trinajstić information content (AvgIpc) is 2.44. The van der Waals surface area contributed by atoms with Crippen molar-refractivity contribution < 1.29 is 4.79 Å². The fourth-order valence-electron chi connectivity index (χ4n) is 2.17.